The van der Waals surface area contributed by atoms with E-state index < -0.39 is 0 Å². The fourth-order valence-corrected chi connectivity index (χ4v) is 2.26. The number of hydrogen-bond donors (Lipinski definition) is 1. The molecule has 3 heteroatoms. The minimum atomic E-state index is 0.547. The third-order valence-electron chi connectivity index (χ3n) is 2.81. The van der Waals surface area contributed by atoms with E-state index in [0.717, 1.165) is 23.2 Å². The Bertz CT molecular complexity index is 361. The average Bonchev–Trinajstić information content (AvgIpc) is 2.22. The van der Waals surface area contributed by atoms with E-state index in [2.05, 4.69) is 54.6 Å². The fourth-order valence-electron chi connectivity index (χ4n) is 1.87. The second-order valence-electron chi connectivity index (χ2n) is 5.24. The van der Waals surface area contributed by atoms with Crippen molar-refractivity contribution in [3.8, 4) is 0 Å². The third-order valence-corrected chi connectivity index (χ3v) is 3.78. The molecule has 0 atom stereocenters. The zero-order valence-corrected chi connectivity index (χ0v) is 12.8. The Hall–Kier alpha value is -0.540. The summed E-state index contributed by atoms with van der Waals surface area (Å²) in [5.41, 5.74) is 7.99. The van der Waals surface area contributed by atoms with Crippen molar-refractivity contribution < 1.29 is 0 Å². The summed E-state index contributed by atoms with van der Waals surface area (Å²) < 4.78 is 1.04. The quantitative estimate of drug-likeness (QED) is 0.836. The number of nitrogens with two attached hydrogens (primary N) is 1. The lowest BCUT2D eigenvalue weighted by Gasteiger charge is -2.28. The summed E-state index contributed by atoms with van der Waals surface area (Å²) in [5, 5.41) is 0. The molecule has 0 bridgehead atoms. The first-order chi connectivity index (χ1) is 7.91. The predicted octanol–water partition coefficient (Wildman–Crippen LogP) is 3.90. The van der Waals surface area contributed by atoms with E-state index in [0.29, 0.717) is 12.0 Å². The van der Waals surface area contributed by atoms with Crippen LogP contribution >= 0.6 is 15.9 Å². The second-order valence-corrected chi connectivity index (χ2v) is 6.03. The van der Waals surface area contributed by atoms with Crippen LogP contribution in [0, 0.1) is 5.92 Å². The Labute approximate surface area is 113 Å². The lowest BCUT2D eigenvalue weighted by Crippen LogP contribution is -2.33. The molecule has 96 valence electrons. The van der Waals surface area contributed by atoms with Crippen LogP contribution in [0.25, 0.3) is 0 Å². The van der Waals surface area contributed by atoms with Crippen molar-refractivity contribution in [3.63, 3.8) is 0 Å². The number of benzene rings is 1. The number of halogens is 1. The number of nitrogens with zero attached hydrogens (tertiary/aromatic N) is 1. The fraction of sp³-hybridized carbons (Fsp3) is 0.571. The molecule has 2 N–H and O–H groups in total. The molecule has 0 aliphatic carbocycles. The van der Waals surface area contributed by atoms with Crippen LogP contribution < -0.4 is 5.73 Å². The lowest BCUT2D eigenvalue weighted by atomic mass is 10.1. The molecule has 0 unspecified atom stereocenters. The van der Waals surface area contributed by atoms with Crippen molar-refractivity contribution >= 4 is 21.6 Å². The minimum absolute atomic E-state index is 0.547. The maximum absolute atomic E-state index is 5.91. The van der Waals surface area contributed by atoms with Gasteiger partial charge in [0.05, 0.1) is 0 Å². The first-order valence-corrected chi connectivity index (χ1v) is 6.98. The summed E-state index contributed by atoms with van der Waals surface area (Å²) in [6, 6.07) is 6.63. The van der Waals surface area contributed by atoms with Gasteiger partial charge in [-0.25, -0.2) is 0 Å². The van der Waals surface area contributed by atoms with Gasteiger partial charge in [0, 0.05) is 29.3 Å². The number of hydrogen-bond acceptors (Lipinski definition) is 2. The minimum Gasteiger partial charge on any atom is -0.398 e. The van der Waals surface area contributed by atoms with Gasteiger partial charge in [0.2, 0.25) is 0 Å². The van der Waals surface area contributed by atoms with Crippen molar-refractivity contribution in [1.82, 2.24) is 4.90 Å². The Morgan fingerprint density at radius 1 is 1.24 bits per heavy atom. The highest BCUT2D eigenvalue weighted by molar-refractivity contribution is 9.10. The van der Waals surface area contributed by atoms with E-state index >= 15 is 0 Å². The van der Waals surface area contributed by atoms with Crippen molar-refractivity contribution in [2.45, 2.75) is 40.3 Å². The molecule has 0 aliphatic heterocycles. The SMILES string of the molecule is CC(C)CN(Cc1cccc(N)c1Br)C(C)C. The molecule has 0 aliphatic rings. The molecular formula is C14H23BrN2. The van der Waals surface area contributed by atoms with E-state index in [4.69, 9.17) is 5.73 Å². The molecule has 0 heterocycles. The standard InChI is InChI=1S/C14H23BrN2/c1-10(2)8-17(11(3)4)9-12-6-5-7-13(16)14(12)15/h5-7,10-11H,8-9,16H2,1-4H3. The molecular weight excluding hydrogens is 276 g/mol. The van der Waals surface area contributed by atoms with Gasteiger partial charge >= 0.3 is 0 Å². The normalized spacial score (nSPS) is 11.8. The molecule has 17 heavy (non-hydrogen) atoms. The molecule has 0 radical (unpaired) electrons. The van der Waals surface area contributed by atoms with Crippen LogP contribution in [0.3, 0.4) is 0 Å². The van der Waals surface area contributed by atoms with E-state index in [1.807, 2.05) is 12.1 Å². The van der Waals surface area contributed by atoms with Gasteiger partial charge in [0.1, 0.15) is 0 Å². The lowest BCUT2D eigenvalue weighted by molar-refractivity contribution is 0.189. The van der Waals surface area contributed by atoms with Gasteiger partial charge in [-0.1, -0.05) is 26.0 Å². The first kappa shape index (κ1) is 14.5. The van der Waals surface area contributed by atoms with Gasteiger partial charge in [-0.3, -0.25) is 4.90 Å². The molecule has 0 saturated heterocycles. The van der Waals surface area contributed by atoms with Crippen LogP contribution in [0.4, 0.5) is 5.69 Å². The largest absolute Gasteiger partial charge is 0.398 e. The van der Waals surface area contributed by atoms with Crippen LogP contribution in [0.15, 0.2) is 22.7 Å². The van der Waals surface area contributed by atoms with E-state index in [-0.39, 0.29) is 0 Å². The monoisotopic (exact) mass is 298 g/mol. The van der Waals surface area contributed by atoms with Crippen LogP contribution in [-0.2, 0) is 6.54 Å². The van der Waals surface area contributed by atoms with Crippen molar-refractivity contribution in [1.29, 1.82) is 0 Å². The van der Waals surface area contributed by atoms with Gasteiger partial charge in [0.15, 0.2) is 0 Å². The summed E-state index contributed by atoms with van der Waals surface area (Å²) in [6.45, 7) is 11.0. The Morgan fingerprint density at radius 2 is 1.88 bits per heavy atom. The molecule has 0 amide bonds. The molecule has 0 saturated carbocycles. The third kappa shape index (κ3) is 4.32. The maximum Gasteiger partial charge on any atom is 0.0461 e. The van der Waals surface area contributed by atoms with E-state index in [9.17, 15) is 0 Å². The summed E-state index contributed by atoms with van der Waals surface area (Å²) in [6.07, 6.45) is 0. The molecule has 1 rings (SSSR count). The molecule has 0 aromatic heterocycles. The van der Waals surface area contributed by atoms with Gasteiger partial charge in [-0.15, -0.1) is 0 Å². The zero-order chi connectivity index (χ0) is 13.0. The summed E-state index contributed by atoms with van der Waals surface area (Å²) in [4.78, 5) is 2.48. The van der Waals surface area contributed by atoms with Gasteiger partial charge in [-0.2, -0.15) is 0 Å². The summed E-state index contributed by atoms with van der Waals surface area (Å²) >= 11 is 3.57. The second kappa shape index (κ2) is 6.41. The molecule has 0 fully saturated rings. The summed E-state index contributed by atoms with van der Waals surface area (Å²) in [5.74, 6) is 0.678. The van der Waals surface area contributed by atoms with E-state index in [1.165, 1.54) is 5.56 Å². The Balaban J connectivity index is 2.82. The van der Waals surface area contributed by atoms with Crippen molar-refractivity contribution in [3.05, 3.63) is 28.2 Å². The molecule has 1 aromatic carbocycles. The van der Waals surface area contributed by atoms with Crippen LogP contribution in [-0.4, -0.2) is 17.5 Å². The van der Waals surface area contributed by atoms with Crippen LogP contribution in [0.2, 0.25) is 0 Å². The van der Waals surface area contributed by atoms with Crippen LogP contribution in [0.5, 0.6) is 0 Å². The maximum atomic E-state index is 5.91. The molecule has 2 nitrogen and oxygen atoms in total. The highest BCUT2D eigenvalue weighted by Crippen LogP contribution is 2.25. The Kier molecular flexibility index (Phi) is 5.47. The predicted molar refractivity (Wildman–Crippen MR) is 78.9 cm³/mol. The number of rotatable bonds is 5. The average molecular weight is 299 g/mol. The van der Waals surface area contributed by atoms with Crippen molar-refractivity contribution in [2.24, 2.45) is 5.92 Å². The van der Waals surface area contributed by atoms with Crippen molar-refractivity contribution in [2.75, 3.05) is 12.3 Å². The highest BCUT2D eigenvalue weighted by Gasteiger charge is 2.13. The first-order valence-electron chi connectivity index (χ1n) is 6.18. The molecule has 1 aromatic rings. The van der Waals surface area contributed by atoms with E-state index in [1.54, 1.807) is 0 Å². The van der Waals surface area contributed by atoms with Gasteiger partial charge in [-0.05, 0) is 47.3 Å². The topological polar surface area (TPSA) is 29.3 Å². The smallest absolute Gasteiger partial charge is 0.0461 e. The zero-order valence-electron chi connectivity index (χ0n) is 11.2. The van der Waals surface area contributed by atoms with Crippen LogP contribution in [0.1, 0.15) is 33.3 Å². The molecule has 0 spiro atoms. The van der Waals surface area contributed by atoms with Gasteiger partial charge < -0.3 is 5.73 Å². The number of anilines is 1. The van der Waals surface area contributed by atoms with Gasteiger partial charge in [0.25, 0.3) is 0 Å². The number of nitrogen functional groups attached to an aromatic ring is 1. The summed E-state index contributed by atoms with van der Waals surface area (Å²) in [7, 11) is 0. The Morgan fingerprint density at radius 3 is 2.41 bits per heavy atom. The highest BCUT2D eigenvalue weighted by atomic mass is 79.9.